The average molecular weight is 486 g/mol. The van der Waals surface area contributed by atoms with E-state index in [4.69, 9.17) is 24.2 Å². The maximum Gasteiger partial charge on any atom is 0.163 e. The van der Waals surface area contributed by atoms with Crippen LogP contribution in [0.25, 0.3) is 22.3 Å². The molecule has 36 heavy (non-hydrogen) atoms. The fourth-order valence-electron chi connectivity index (χ4n) is 4.54. The Morgan fingerprint density at radius 3 is 2.67 bits per heavy atom. The molecule has 0 bridgehead atoms. The van der Waals surface area contributed by atoms with Crippen molar-refractivity contribution >= 4 is 16.7 Å². The van der Waals surface area contributed by atoms with Crippen LogP contribution in [0.3, 0.4) is 0 Å². The van der Waals surface area contributed by atoms with E-state index in [0.717, 1.165) is 52.4 Å². The highest BCUT2D eigenvalue weighted by atomic mass is 16.5. The van der Waals surface area contributed by atoms with Gasteiger partial charge in [0.15, 0.2) is 17.3 Å². The third kappa shape index (κ3) is 5.24. The van der Waals surface area contributed by atoms with Crippen molar-refractivity contribution in [1.82, 2.24) is 19.9 Å². The number of ether oxygens (including phenoxy) is 3. The molecule has 1 saturated heterocycles. The second kappa shape index (κ2) is 11.3. The van der Waals surface area contributed by atoms with E-state index >= 15 is 0 Å². The number of rotatable bonds is 9. The molecular formula is C28H31N5O3. The first kappa shape index (κ1) is 24.0. The predicted molar refractivity (Wildman–Crippen MR) is 141 cm³/mol. The minimum absolute atomic E-state index is 0.0917. The number of benzene rings is 2. The summed E-state index contributed by atoms with van der Waals surface area (Å²) in [7, 11) is 1.68. The maximum atomic E-state index is 5.74. The number of fused-ring (bicyclic) bond motifs is 1. The first-order chi connectivity index (χ1) is 17.8. The van der Waals surface area contributed by atoms with Crippen molar-refractivity contribution in [3.63, 3.8) is 0 Å². The van der Waals surface area contributed by atoms with Gasteiger partial charge in [-0.1, -0.05) is 18.2 Å². The van der Waals surface area contributed by atoms with Crippen molar-refractivity contribution < 1.29 is 14.2 Å². The third-order valence-corrected chi connectivity index (χ3v) is 6.34. The molecule has 2 aromatic carbocycles. The minimum Gasteiger partial charge on any atom is -0.493 e. The molecule has 0 amide bonds. The molecule has 186 valence electrons. The molecular weight excluding hydrogens is 454 g/mol. The number of pyridine rings is 1. The van der Waals surface area contributed by atoms with Gasteiger partial charge in [0, 0.05) is 43.0 Å². The zero-order valence-corrected chi connectivity index (χ0v) is 20.7. The van der Waals surface area contributed by atoms with Crippen LogP contribution in [0, 0.1) is 0 Å². The second-order valence-corrected chi connectivity index (χ2v) is 8.54. The van der Waals surface area contributed by atoms with Crippen LogP contribution in [0.1, 0.15) is 18.5 Å². The van der Waals surface area contributed by atoms with Gasteiger partial charge in [0.05, 0.1) is 38.5 Å². The van der Waals surface area contributed by atoms with Gasteiger partial charge in [0.25, 0.3) is 0 Å². The Hall–Kier alpha value is -3.75. The lowest BCUT2D eigenvalue weighted by molar-refractivity contribution is 0.0186. The number of hydrogen-bond acceptors (Lipinski definition) is 8. The van der Waals surface area contributed by atoms with E-state index in [9.17, 15) is 0 Å². The highest BCUT2D eigenvalue weighted by Gasteiger charge is 2.24. The lowest BCUT2D eigenvalue weighted by Gasteiger charge is -2.35. The van der Waals surface area contributed by atoms with Crippen molar-refractivity contribution in [1.29, 1.82) is 0 Å². The quantitative estimate of drug-likeness (QED) is 0.369. The molecule has 0 aliphatic carbocycles. The summed E-state index contributed by atoms with van der Waals surface area (Å²) < 4.78 is 17.0. The van der Waals surface area contributed by atoms with Crippen LogP contribution in [0.4, 0.5) is 5.82 Å². The molecule has 1 aliphatic heterocycles. The monoisotopic (exact) mass is 485 g/mol. The molecule has 1 N–H and O–H groups in total. The zero-order chi connectivity index (χ0) is 24.7. The number of anilines is 1. The van der Waals surface area contributed by atoms with Gasteiger partial charge >= 0.3 is 0 Å². The van der Waals surface area contributed by atoms with E-state index in [1.54, 1.807) is 19.5 Å². The van der Waals surface area contributed by atoms with Gasteiger partial charge in [-0.3, -0.25) is 9.88 Å². The normalized spacial score (nSPS) is 14.9. The Labute approximate surface area is 211 Å². The van der Waals surface area contributed by atoms with Crippen molar-refractivity contribution in [2.75, 3.05) is 51.9 Å². The molecule has 2 aromatic heterocycles. The molecule has 0 radical (unpaired) electrons. The average Bonchev–Trinajstić information content (AvgIpc) is 2.94. The van der Waals surface area contributed by atoms with Crippen LogP contribution < -0.4 is 14.8 Å². The largest absolute Gasteiger partial charge is 0.493 e. The standard InChI is InChI=1S/C28H31N5O3/c1-3-36-25-11-10-20(17-26(25)34-2)24(33-13-15-35-16-14-33)19-30-28-22-8-4-5-9-23(22)31-27(32-28)21-7-6-12-29-18-21/h4-12,17-18,24H,3,13-16,19H2,1-2H3,(H,30,31,32)/t24-/m1/s1. The van der Waals surface area contributed by atoms with Gasteiger partial charge in [-0.15, -0.1) is 0 Å². The molecule has 4 aromatic rings. The molecule has 8 heteroatoms. The van der Waals surface area contributed by atoms with Gasteiger partial charge in [-0.25, -0.2) is 9.97 Å². The number of morpholine rings is 1. The summed E-state index contributed by atoms with van der Waals surface area (Å²) in [4.78, 5) is 16.4. The predicted octanol–water partition coefficient (Wildman–Crippen LogP) is 4.58. The highest BCUT2D eigenvalue weighted by Crippen LogP contribution is 2.33. The van der Waals surface area contributed by atoms with Crippen molar-refractivity contribution in [3.05, 3.63) is 72.6 Å². The van der Waals surface area contributed by atoms with Crippen molar-refractivity contribution in [3.8, 4) is 22.9 Å². The van der Waals surface area contributed by atoms with E-state index in [-0.39, 0.29) is 6.04 Å². The molecule has 1 aliphatic rings. The van der Waals surface area contributed by atoms with Gasteiger partial charge in [-0.2, -0.15) is 0 Å². The molecule has 0 saturated carbocycles. The fourth-order valence-corrected chi connectivity index (χ4v) is 4.54. The lowest BCUT2D eigenvalue weighted by Crippen LogP contribution is -2.41. The number of hydrogen-bond donors (Lipinski definition) is 1. The Morgan fingerprint density at radius 1 is 1.03 bits per heavy atom. The smallest absolute Gasteiger partial charge is 0.163 e. The first-order valence-corrected chi connectivity index (χ1v) is 12.3. The Balaban J connectivity index is 1.49. The van der Waals surface area contributed by atoms with E-state index in [1.165, 1.54) is 0 Å². The van der Waals surface area contributed by atoms with Gasteiger partial charge < -0.3 is 19.5 Å². The van der Waals surface area contributed by atoms with E-state index in [1.807, 2.05) is 49.4 Å². The molecule has 1 fully saturated rings. The van der Waals surface area contributed by atoms with Crippen molar-refractivity contribution in [2.45, 2.75) is 13.0 Å². The van der Waals surface area contributed by atoms with Crippen LogP contribution in [0.5, 0.6) is 11.5 Å². The number of nitrogens with zero attached hydrogens (tertiary/aromatic N) is 4. The maximum absolute atomic E-state index is 5.74. The summed E-state index contributed by atoms with van der Waals surface area (Å²) in [5.74, 6) is 2.94. The Morgan fingerprint density at radius 2 is 1.89 bits per heavy atom. The Kier molecular flexibility index (Phi) is 7.54. The summed E-state index contributed by atoms with van der Waals surface area (Å²) in [5, 5.41) is 4.63. The molecule has 0 unspecified atom stereocenters. The van der Waals surface area contributed by atoms with E-state index < -0.39 is 0 Å². The second-order valence-electron chi connectivity index (χ2n) is 8.54. The summed E-state index contributed by atoms with van der Waals surface area (Å²) in [6.45, 7) is 6.35. The van der Waals surface area contributed by atoms with Crippen LogP contribution >= 0.6 is 0 Å². The molecule has 5 rings (SSSR count). The first-order valence-electron chi connectivity index (χ1n) is 12.3. The highest BCUT2D eigenvalue weighted by molar-refractivity contribution is 5.90. The molecule has 3 heterocycles. The number of nitrogens with one attached hydrogen (secondary N) is 1. The van der Waals surface area contributed by atoms with Gasteiger partial charge in [-0.05, 0) is 48.9 Å². The summed E-state index contributed by atoms with van der Waals surface area (Å²) in [6.07, 6.45) is 3.54. The molecule has 1 atom stereocenters. The van der Waals surface area contributed by atoms with Gasteiger partial charge in [0.2, 0.25) is 0 Å². The summed E-state index contributed by atoms with van der Waals surface area (Å²) in [5.41, 5.74) is 2.92. The topological polar surface area (TPSA) is 81.6 Å². The summed E-state index contributed by atoms with van der Waals surface area (Å²) >= 11 is 0. The minimum atomic E-state index is 0.0917. The summed E-state index contributed by atoms with van der Waals surface area (Å²) in [6, 6.07) is 18.2. The number of methoxy groups -OCH3 is 1. The number of aromatic nitrogens is 3. The number of para-hydroxylation sites is 1. The van der Waals surface area contributed by atoms with Gasteiger partial charge in [0.1, 0.15) is 5.82 Å². The van der Waals surface area contributed by atoms with E-state index in [2.05, 4.69) is 27.3 Å². The SMILES string of the molecule is CCOc1ccc([C@@H](CNc2nc(-c3cccnc3)nc3ccccc23)N2CCOCC2)cc1OC. The van der Waals surface area contributed by atoms with Crippen LogP contribution in [-0.4, -0.2) is 66.4 Å². The van der Waals surface area contributed by atoms with Crippen LogP contribution in [0.15, 0.2) is 67.0 Å². The third-order valence-electron chi connectivity index (χ3n) is 6.34. The molecule has 0 spiro atoms. The van der Waals surface area contributed by atoms with Crippen molar-refractivity contribution in [2.24, 2.45) is 0 Å². The van der Waals surface area contributed by atoms with Crippen LogP contribution in [-0.2, 0) is 4.74 Å². The Bertz CT molecular complexity index is 1300. The lowest BCUT2D eigenvalue weighted by atomic mass is 10.0. The van der Waals surface area contributed by atoms with E-state index in [0.29, 0.717) is 32.2 Å². The molecule has 8 nitrogen and oxygen atoms in total. The zero-order valence-electron chi connectivity index (χ0n) is 20.7. The van der Waals surface area contributed by atoms with Crippen LogP contribution in [0.2, 0.25) is 0 Å². The fraction of sp³-hybridized carbons (Fsp3) is 0.321.